The van der Waals surface area contributed by atoms with Crippen LogP contribution in [-0.4, -0.2) is 33.2 Å². The second kappa shape index (κ2) is 7.40. The highest BCUT2D eigenvalue weighted by molar-refractivity contribution is 5.96. The van der Waals surface area contributed by atoms with Crippen molar-refractivity contribution in [2.75, 3.05) is 5.73 Å². The zero-order valence-electron chi connectivity index (χ0n) is 16.4. The summed E-state index contributed by atoms with van der Waals surface area (Å²) in [7, 11) is 0. The Hall–Kier alpha value is -3.66. The highest BCUT2D eigenvalue weighted by Gasteiger charge is 2.24. The summed E-state index contributed by atoms with van der Waals surface area (Å²) in [6.07, 6.45) is 5.45. The van der Waals surface area contributed by atoms with Gasteiger partial charge in [-0.1, -0.05) is 11.8 Å². The minimum absolute atomic E-state index is 0.0970. The van der Waals surface area contributed by atoms with Crippen molar-refractivity contribution in [1.29, 1.82) is 0 Å². The molecule has 7 nitrogen and oxygen atoms in total. The molecule has 0 unspecified atom stereocenters. The third-order valence-corrected chi connectivity index (χ3v) is 4.87. The van der Waals surface area contributed by atoms with Gasteiger partial charge in [-0.15, -0.1) is 0 Å². The molecule has 2 aromatic heterocycles. The van der Waals surface area contributed by atoms with Gasteiger partial charge in [0.15, 0.2) is 0 Å². The topological polar surface area (TPSA) is 98.2 Å². The van der Waals surface area contributed by atoms with E-state index in [-0.39, 0.29) is 11.9 Å². The maximum atomic E-state index is 12.4. The van der Waals surface area contributed by atoms with Crippen molar-refractivity contribution >= 4 is 35.2 Å². The number of carbonyl (C=O) groups excluding carboxylic acids is 1. The maximum absolute atomic E-state index is 12.4. The first-order chi connectivity index (χ1) is 14.0. The fourth-order valence-corrected chi connectivity index (χ4v) is 3.14. The number of nitrogens with two attached hydrogens (primary N) is 1. The monoisotopic (exact) mass is 386 g/mol. The summed E-state index contributed by atoms with van der Waals surface area (Å²) in [5, 5.41) is 3.71. The molecule has 0 bridgehead atoms. The van der Waals surface area contributed by atoms with Crippen LogP contribution >= 0.6 is 0 Å². The zero-order valence-corrected chi connectivity index (χ0v) is 16.4. The van der Waals surface area contributed by atoms with Crippen LogP contribution in [0.5, 0.6) is 0 Å². The molecule has 0 spiro atoms. The number of aromatic nitrogens is 3. The van der Waals surface area contributed by atoms with E-state index in [4.69, 9.17) is 5.73 Å². The van der Waals surface area contributed by atoms with Crippen molar-refractivity contribution in [2.24, 2.45) is 4.99 Å². The average molecular weight is 386 g/mol. The van der Waals surface area contributed by atoms with Gasteiger partial charge in [0.05, 0.1) is 22.2 Å². The van der Waals surface area contributed by atoms with Crippen LogP contribution in [0.2, 0.25) is 0 Å². The van der Waals surface area contributed by atoms with Crippen LogP contribution in [-0.2, 0) is 0 Å². The van der Waals surface area contributed by atoms with E-state index in [1.54, 1.807) is 18.2 Å². The molecule has 0 atom stereocenters. The number of fused-ring (bicyclic) bond motifs is 1. The number of amides is 1. The highest BCUT2D eigenvalue weighted by Crippen LogP contribution is 2.27. The number of hydrogen-bond donors (Lipinski definition) is 2. The molecule has 3 N–H and O–H groups in total. The van der Waals surface area contributed by atoms with Gasteiger partial charge in [-0.05, 0) is 51.6 Å². The Kier molecular flexibility index (Phi) is 4.77. The molecule has 4 rings (SSSR count). The molecule has 2 heterocycles. The molecule has 1 aromatic carbocycles. The fourth-order valence-electron chi connectivity index (χ4n) is 3.14. The molecule has 29 heavy (non-hydrogen) atoms. The summed E-state index contributed by atoms with van der Waals surface area (Å²) < 4.78 is 2.02. The molecule has 1 aliphatic carbocycles. The van der Waals surface area contributed by atoms with Crippen LogP contribution in [0.3, 0.4) is 0 Å². The lowest BCUT2D eigenvalue weighted by Crippen LogP contribution is -2.25. The van der Waals surface area contributed by atoms with Crippen molar-refractivity contribution in [3.8, 4) is 11.8 Å². The van der Waals surface area contributed by atoms with Crippen LogP contribution in [0, 0.1) is 11.8 Å². The van der Waals surface area contributed by atoms with E-state index in [0.717, 1.165) is 29.4 Å². The van der Waals surface area contributed by atoms with Gasteiger partial charge >= 0.3 is 0 Å². The molecule has 146 valence electrons. The van der Waals surface area contributed by atoms with Crippen LogP contribution < -0.4 is 11.1 Å². The fraction of sp³-hybridized carbons (Fsp3) is 0.273. The van der Waals surface area contributed by atoms with Crippen LogP contribution in [0.4, 0.5) is 11.5 Å². The molecular formula is C22H22N6O. The summed E-state index contributed by atoms with van der Waals surface area (Å²) in [6.45, 7) is 7.74. The van der Waals surface area contributed by atoms with Gasteiger partial charge < -0.3 is 15.6 Å². The zero-order chi connectivity index (χ0) is 20.5. The summed E-state index contributed by atoms with van der Waals surface area (Å²) in [5.74, 6) is 6.58. The van der Waals surface area contributed by atoms with Crippen molar-refractivity contribution in [3.05, 3.63) is 47.4 Å². The second-order valence-electron chi connectivity index (χ2n) is 7.39. The van der Waals surface area contributed by atoms with Crippen LogP contribution in [0.1, 0.15) is 54.2 Å². The third kappa shape index (κ3) is 3.69. The second-order valence-corrected chi connectivity index (χ2v) is 7.39. The van der Waals surface area contributed by atoms with Gasteiger partial charge in [0.2, 0.25) is 0 Å². The number of benzene rings is 1. The number of anilines is 1. The van der Waals surface area contributed by atoms with Gasteiger partial charge in [0.25, 0.3) is 5.91 Å². The molecule has 1 saturated carbocycles. The van der Waals surface area contributed by atoms with Gasteiger partial charge in [0, 0.05) is 23.8 Å². The first-order valence-corrected chi connectivity index (χ1v) is 9.52. The van der Waals surface area contributed by atoms with E-state index in [2.05, 4.69) is 52.7 Å². The van der Waals surface area contributed by atoms with Gasteiger partial charge in [-0.25, -0.2) is 9.97 Å². The largest absolute Gasteiger partial charge is 0.383 e. The Balaban J connectivity index is 1.77. The minimum atomic E-state index is -0.0970. The molecule has 7 heteroatoms. The Morgan fingerprint density at radius 2 is 2.07 bits per heavy atom. The molecule has 0 radical (unpaired) electrons. The van der Waals surface area contributed by atoms with E-state index in [9.17, 15) is 4.79 Å². The number of nitrogen functional groups attached to an aromatic ring is 1. The predicted octanol–water partition coefficient (Wildman–Crippen LogP) is 3.22. The molecule has 0 aliphatic heterocycles. The lowest BCUT2D eigenvalue weighted by Gasteiger charge is -2.07. The highest BCUT2D eigenvalue weighted by atomic mass is 16.1. The Morgan fingerprint density at radius 3 is 2.76 bits per heavy atom. The SMILES string of the molecule is C=Nc1ccc(C(=O)NC2CC2)cc1C#Cc1cn(C(C)C)c2ncnc(N)c12. The van der Waals surface area contributed by atoms with Gasteiger partial charge in [-0.3, -0.25) is 9.79 Å². The lowest BCUT2D eigenvalue weighted by atomic mass is 10.1. The number of aliphatic imine (C=N–C) groups is 1. The Labute approximate surface area is 169 Å². The van der Waals surface area contributed by atoms with E-state index in [1.807, 2.05) is 10.8 Å². The summed E-state index contributed by atoms with van der Waals surface area (Å²) in [6, 6.07) is 5.73. The Morgan fingerprint density at radius 1 is 1.31 bits per heavy atom. The summed E-state index contributed by atoms with van der Waals surface area (Å²) in [4.78, 5) is 24.9. The lowest BCUT2D eigenvalue weighted by molar-refractivity contribution is 0.0951. The van der Waals surface area contributed by atoms with Gasteiger partial charge in [-0.2, -0.15) is 0 Å². The van der Waals surface area contributed by atoms with Crippen LogP contribution in [0.25, 0.3) is 11.0 Å². The molecule has 1 amide bonds. The smallest absolute Gasteiger partial charge is 0.251 e. The third-order valence-electron chi connectivity index (χ3n) is 4.87. The minimum Gasteiger partial charge on any atom is -0.383 e. The molecule has 0 saturated heterocycles. The average Bonchev–Trinajstić information content (AvgIpc) is 3.43. The quantitative estimate of drug-likeness (QED) is 0.531. The van der Waals surface area contributed by atoms with Crippen LogP contribution in [0.15, 0.2) is 35.7 Å². The van der Waals surface area contributed by atoms with E-state index in [1.165, 1.54) is 6.33 Å². The van der Waals surface area contributed by atoms with E-state index < -0.39 is 0 Å². The first kappa shape index (κ1) is 18.7. The first-order valence-electron chi connectivity index (χ1n) is 9.52. The van der Waals surface area contributed by atoms with Crippen molar-refractivity contribution in [1.82, 2.24) is 19.9 Å². The Bertz CT molecular complexity index is 1180. The standard InChI is InChI=1S/C22H22N6O/c1-13(2)28-11-16(19-20(23)25-12-26-21(19)28)5-4-14-10-15(6-9-18(14)24-3)22(29)27-17-7-8-17/h6,9-13,17H,3,7-8H2,1-2H3,(H,27,29)(H2,23,25,26). The number of rotatable bonds is 4. The molecule has 1 fully saturated rings. The van der Waals surface area contributed by atoms with Gasteiger partial charge in [0.1, 0.15) is 17.8 Å². The summed E-state index contributed by atoms with van der Waals surface area (Å²) >= 11 is 0. The number of hydrogen-bond acceptors (Lipinski definition) is 5. The van der Waals surface area contributed by atoms with Crippen molar-refractivity contribution < 1.29 is 4.79 Å². The molecular weight excluding hydrogens is 364 g/mol. The number of nitrogens with one attached hydrogen (secondary N) is 1. The summed E-state index contributed by atoms with van der Waals surface area (Å²) in [5.41, 5.74) is 9.38. The van der Waals surface area contributed by atoms with E-state index in [0.29, 0.717) is 28.7 Å². The van der Waals surface area contributed by atoms with Crippen molar-refractivity contribution in [3.63, 3.8) is 0 Å². The normalized spacial score (nSPS) is 13.2. The molecule has 3 aromatic rings. The number of nitrogens with zero attached hydrogens (tertiary/aromatic N) is 4. The number of carbonyl (C=O) groups is 1. The predicted molar refractivity (Wildman–Crippen MR) is 114 cm³/mol. The van der Waals surface area contributed by atoms with Crippen molar-refractivity contribution in [2.45, 2.75) is 38.8 Å². The maximum Gasteiger partial charge on any atom is 0.251 e. The molecule has 1 aliphatic rings. The van der Waals surface area contributed by atoms with E-state index >= 15 is 0 Å².